The van der Waals surface area contributed by atoms with Crippen molar-refractivity contribution >= 4 is 17.7 Å². The number of anilines is 2. The van der Waals surface area contributed by atoms with Crippen molar-refractivity contribution in [2.45, 2.75) is 76.7 Å². The third kappa shape index (κ3) is 6.18. The zero-order valence-electron chi connectivity index (χ0n) is 19.8. The molecule has 1 saturated heterocycles. The van der Waals surface area contributed by atoms with E-state index in [9.17, 15) is 13.6 Å². The van der Waals surface area contributed by atoms with Crippen molar-refractivity contribution in [3.05, 3.63) is 30.1 Å². The quantitative estimate of drug-likeness (QED) is 0.562. The number of likely N-dealkylation sites (tertiary alicyclic amines) is 1. The summed E-state index contributed by atoms with van der Waals surface area (Å²) < 4.78 is 27.1. The molecule has 0 bridgehead atoms. The van der Waals surface area contributed by atoms with E-state index < -0.39 is 12.3 Å². The van der Waals surface area contributed by atoms with Crippen LogP contribution in [0.2, 0.25) is 0 Å². The van der Waals surface area contributed by atoms with Gasteiger partial charge in [-0.05, 0) is 44.2 Å². The van der Waals surface area contributed by atoms with Gasteiger partial charge in [0.15, 0.2) is 0 Å². The van der Waals surface area contributed by atoms with Gasteiger partial charge in [0.05, 0.1) is 16.8 Å². The topological polar surface area (TPSA) is 83.0 Å². The number of hydrogen-bond donors (Lipinski definition) is 2. The number of carbonyl (C=O) groups excluding carboxylic acids is 1. The first kappa shape index (κ1) is 24.3. The Kier molecular flexibility index (Phi) is 8.24. The number of amides is 1. The number of hydrogen-bond acceptors (Lipinski definition) is 6. The lowest BCUT2D eigenvalue weighted by atomic mass is 9.95. The number of halogens is 2. The van der Waals surface area contributed by atoms with Crippen molar-refractivity contribution in [1.29, 1.82) is 0 Å². The second-order valence-electron chi connectivity index (χ2n) is 9.22. The molecular formula is C25H34F2N6O. The molecule has 0 aromatic carbocycles. The lowest BCUT2D eigenvalue weighted by Gasteiger charge is -2.28. The van der Waals surface area contributed by atoms with E-state index in [1.165, 1.54) is 19.3 Å². The Hall–Kier alpha value is -2.84. The van der Waals surface area contributed by atoms with Gasteiger partial charge in [0.2, 0.25) is 5.95 Å². The molecule has 0 spiro atoms. The zero-order valence-corrected chi connectivity index (χ0v) is 19.8. The molecule has 1 aliphatic carbocycles. The van der Waals surface area contributed by atoms with Crippen molar-refractivity contribution in [2.75, 3.05) is 30.3 Å². The van der Waals surface area contributed by atoms with E-state index in [1.807, 2.05) is 0 Å². The van der Waals surface area contributed by atoms with E-state index in [0.717, 1.165) is 18.4 Å². The van der Waals surface area contributed by atoms with Gasteiger partial charge in [-0.3, -0.25) is 9.78 Å². The monoisotopic (exact) mass is 472 g/mol. The number of nitrogens with zero attached hydrogens (tertiary/aromatic N) is 4. The molecule has 2 N–H and O–H groups in total. The Bertz CT molecular complexity index is 943. The first-order valence-electron chi connectivity index (χ1n) is 12.4. The molecule has 2 fully saturated rings. The molecule has 184 valence electrons. The average Bonchev–Trinajstić information content (AvgIpc) is 2.88. The Morgan fingerprint density at radius 3 is 2.56 bits per heavy atom. The molecule has 2 aliphatic rings. The molecule has 1 amide bonds. The summed E-state index contributed by atoms with van der Waals surface area (Å²) in [5.41, 5.74) is 1.87. The molecule has 2 aromatic rings. The van der Waals surface area contributed by atoms with Crippen LogP contribution in [0.5, 0.6) is 0 Å². The van der Waals surface area contributed by atoms with Gasteiger partial charge < -0.3 is 15.5 Å². The van der Waals surface area contributed by atoms with Crippen LogP contribution in [-0.2, 0) is 0 Å². The number of nitrogens with one attached hydrogen (secondary N) is 2. The average molecular weight is 473 g/mol. The summed E-state index contributed by atoms with van der Waals surface area (Å²) in [5, 5.41) is 6.53. The van der Waals surface area contributed by atoms with Gasteiger partial charge in [0.1, 0.15) is 18.2 Å². The molecular weight excluding hydrogens is 438 g/mol. The molecule has 0 radical (unpaired) electrons. The third-order valence-electron chi connectivity index (χ3n) is 6.66. The fourth-order valence-corrected chi connectivity index (χ4v) is 4.46. The highest BCUT2D eigenvalue weighted by Crippen LogP contribution is 2.29. The largest absolute Gasteiger partial charge is 0.367 e. The van der Waals surface area contributed by atoms with Crippen molar-refractivity contribution in [1.82, 2.24) is 19.9 Å². The summed E-state index contributed by atoms with van der Waals surface area (Å²) in [6.07, 6.45) is 8.41. The molecule has 1 saturated carbocycles. The second kappa shape index (κ2) is 11.5. The van der Waals surface area contributed by atoms with Gasteiger partial charge in [-0.15, -0.1) is 0 Å². The minimum Gasteiger partial charge on any atom is -0.367 e. The first-order valence-corrected chi connectivity index (χ1v) is 12.4. The van der Waals surface area contributed by atoms with E-state index in [1.54, 1.807) is 36.4 Å². The van der Waals surface area contributed by atoms with Crippen LogP contribution in [0.25, 0.3) is 11.3 Å². The van der Waals surface area contributed by atoms with Gasteiger partial charge in [-0.2, -0.15) is 4.98 Å². The molecule has 1 aliphatic heterocycles. The first-order chi connectivity index (χ1) is 16.5. The molecule has 34 heavy (non-hydrogen) atoms. The minimum absolute atomic E-state index is 0.126. The van der Waals surface area contributed by atoms with Crippen LogP contribution >= 0.6 is 0 Å². The van der Waals surface area contributed by atoms with Crippen LogP contribution in [0.1, 0.15) is 68.6 Å². The fourth-order valence-electron chi connectivity index (χ4n) is 4.46. The normalized spacial score (nSPS) is 18.5. The van der Waals surface area contributed by atoms with Gasteiger partial charge in [0, 0.05) is 38.1 Å². The van der Waals surface area contributed by atoms with Crippen molar-refractivity contribution in [2.24, 2.45) is 0 Å². The van der Waals surface area contributed by atoms with Crippen molar-refractivity contribution < 1.29 is 13.6 Å². The standard InChI is InChI=1S/C25H34F2N6O/c1-2-18(26)15-29-25-30-16-21(23(32-25)31-20-6-4-3-5-7-20)22-9-8-17(14-28-22)24(34)33-12-10-19(27)11-13-33/h8-9,14,16,18-20H,2-7,10-13,15H2,1H3,(H2,29,30,31,32). The van der Waals surface area contributed by atoms with Crippen LogP contribution in [0.15, 0.2) is 24.5 Å². The van der Waals surface area contributed by atoms with E-state index in [2.05, 4.69) is 25.6 Å². The molecule has 9 heteroatoms. The van der Waals surface area contributed by atoms with E-state index in [0.29, 0.717) is 61.4 Å². The number of piperidine rings is 1. The van der Waals surface area contributed by atoms with E-state index in [-0.39, 0.29) is 12.5 Å². The molecule has 1 unspecified atom stereocenters. The maximum Gasteiger partial charge on any atom is 0.255 e. The summed E-state index contributed by atoms with van der Waals surface area (Å²) >= 11 is 0. The lowest BCUT2D eigenvalue weighted by Crippen LogP contribution is -2.39. The number of carbonyl (C=O) groups is 1. The molecule has 4 rings (SSSR count). The number of aromatic nitrogens is 3. The van der Waals surface area contributed by atoms with Crippen LogP contribution in [0.3, 0.4) is 0 Å². The highest BCUT2D eigenvalue weighted by molar-refractivity contribution is 5.94. The number of rotatable bonds is 8. The van der Waals surface area contributed by atoms with Crippen LogP contribution in [0, 0.1) is 0 Å². The maximum absolute atomic E-state index is 13.7. The minimum atomic E-state index is -0.958. The van der Waals surface area contributed by atoms with Crippen LogP contribution in [0.4, 0.5) is 20.5 Å². The number of alkyl halides is 2. The molecule has 7 nitrogen and oxygen atoms in total. The van der Waals surface area contributed by atoms with Gasteiger partial charge >= 0.3 is 0 Å². The second-order valence-corrected chi connectivity index (χ2v) is 9.22. The Morgan fingerprint density at radius 1 is 1.12 bits per heavy atom. The molecule has 1 atom stereocenters. The third-order valence-corrected chi connectivity index (χ3v) is 6.66. The summed E-state index contributed by atoms with van der Waals surface area (Å²) in [5.74, 6) is 0.910. The summed E-state index contributed by atoms with van der Waals surface area (Å²) in [4.78, 5) is 28.0. The Labute approximate surface area is 199 Å². The fraction of sp³-hybridized carbons (Fsp3) is 0.600. The van der Waals surface area contributed by atoms with Crippen molar-refractivity contribution in [3.8, 4) is 11.3 Å². The highest BCUT2D eigenvalue weighted by Gasteiger charge is 2.24. The van der Waals surface area contributed by atoms with Gasteiger partial charge in [-0.1, -0.05) is 26.2 Å². The predicted octanol–water partition coefficient (Wildman–Crippen LogP) is 5.02. The number of pyridine rings is 1. The highest BCUT2D eigenvalue weighted by atomic mass is 19.1. The summed E-state index contributed by atoms with van der Waals surface area (Å²) in [6, 6.07) is 3.86. The lowest BCUT2D eigenvalue weighted by molar-refractivity contribution is 0.0666. The van der Waals surface area contributed by atoms with Crippen LogP contribution in [-0.4, -0.2) is 63.8 Å². The van der Waals surface area contributed by atoms with Crippen LogP contribution < -0.4 is 10.6 Å². The Morgan fingerprint density at radius 2 is 1.88 bits per heavy atom. The summed E-state index contributed by atoms with van der Waals surface area (Å²) in [7, 11) is 0. The van der Waals surface area contributed by atoms with E-state index >= 15 is 0 Å². The van der Waals surface area contributed by atoms with E-state index in [4.69, 9.17) is 0 Å². The summed E-state index contributed by atoms with van der Waals surface area (Å²) in [6.45, 7) is 2.82. The smallest absolute Gasteiger partial charge is 0.255 e. The SMILES string of the molecule is CCC(F)CNc1ncc(-c2ccc(C(=O)N3CCC(F)CC3)cn2)c(NC2CCCCC2)n1. The molecule has 3 heterocycles. The Balaban J connectivity index is 1.53. The zero-order chi connectivity index (χ0) is 23.9. The predicted molar refractivity (Wildman–Crippen MR) is 129 cm³/mol. The van der Waals surface area contributed by atoms with Crippen molar-refractivity contribution in [3.63, 3.8) is 0 Å². The van der Waals surface area contributed by atoms with Gasteiger partial charge in [-0.25, -0.2) is 13.8 Å². The maximum atomic E-state index is 13.7. The van der Waals surface area contributed by atoms with Gasteiger partial charge in [0.25, 0.3) is 5.91 Å². The molecule has 2 aromatic heterocycles.